The monoisotopic (exact) mass is 298 g/mol. The zero-order valence-electron chi connectivity index (χ0n) is 14.4. The molecule has 0 aromatic carbocycles. The Kier molecular flexibility index (Phi) is 5.63. The third-order valence-electron chi connectivity index (χ3n) is 5.90. The quantitative estimate of drug-likeness (QED) is 0.698. The van der Waals surface area contributed by atoms with E-state index in [1.54, 1.807) is 0 Å². The maximum absolute atomic E-state index is 12.9. The fourth-order valence-electron chi connectivity index (χ4n) is 3.67. The molecule has 0 saturated heterocycles. The van der Waals surface area contributed by atoms with Gasteiger partial charge in [-0.3, -0.25) is 9.18 Å². The van der Waals surface area contributed by atoms with Crippen molar-refractivity contribution >= 4 is 5.78 Å². The minimum absolute atomic E-state index is 0.0361. The first kappa shape index (κ1) is 18.2. The van der Waals surface area contributed by atoms with Crippen LogP contribution in [0.2, 0.25) is 0 Å². The third-order valence-corrected chi connectivity index (χ3v) is 5.90. The maximum atomic E-state index is 12.9. The molecule has 0 aliphatic heterocycles. The van der Waals surface area contributed by atoms with E-state index in [9.17, 15) is 14.3 Å². The second-order valence-corrected chi connectivity index (χ2v) is 7.37. The summed E-state index contributed by atoms with van der Waals surface area (Å²) in [6.45, 7) is 11.9. The highest BCUT2D eigenvalue weighted by Gasteiger charge is 2.55. The maximum Gasteiger partial charge on any atom is 0.165 e. The number of Topliss-reactive ketones (excluding diaryl/α,β-unsaturated/α-hetero) is 1. The van der Waals surface area contributed by atoms with Crippen molar-refractivity contribution in [3.05, 3.63) is 11.3 Å². The Labute approximate surface area is 128 Å². The molecule has 0 radical (unpaired) electrons. The predicted molar refractivity (Wildman–Crippen MR) is 85.0 cm³/mol. The average molecular weight is 298 g/mol. The third kappa shape index (κ3) is 2.89. The van der Waals surface area contributed by atoms with Crippen molar-refractivity contribution in [3.8, 4) is 0 Å². The SMILES string of the molecule is CCC(CCCF)C(=O)C1=C(O)C(C)(C)C(C)(C)C1CC. The van der Waals surface area contributed by atoms with Crippen molar-refractivity contribution in [2.45, 2.75) is 67.2 Å². The van der Waals surface area contributed by atoms with Gasteiger partial charge in [0.05, 0.1) is 6.67 Å². The predicted octanol–water partition coefficient (Wildman–Crippen LogP) is 5.24. The van der Waals surface area contributed by atoms with Crippen LogP contribution in [-0.2, 0) is 4.79 Å². The molecule has 0 saturated carbocycles. The highest BCUT2D eigenvalue weighted by molar-refractivity contribution is 5.99. The van der Waals surface area contributed by atoms with Gasteiger partial charge < -0.3 is 5.11 Å². The molecule has 0 spiro atoms. The lowest BCUT2D eigenvalue weighted by Crippen LogP contribution is -2.35. The van der Waals surface area contributed by atoms with Gasteiger partial charge in [-0.15, -0.1) is 0 Å². The van der Waals surface area contributed by atoms with Gasteiger partial charge >= 0.3 is 0 Å². The van der Waals surface area contributed by atoms with Gasteiger partial charge in [0.15, 0.2) is 5.78 Å². The number of carbonyl (C=O) groups excluding carboxylic acids is 1. The standard InChI is InChI=1S/C18H31FO2/c1-7-12(10-9-11-19)15(20)14-13(8-2)17(3,4)18(5,6)16(14)21/h12-13,21H,7-11H2,1-6H3. The van der Waals surface area contributed by atoms with E-state index in [2.05, 4.69) is 20.8 Å². The van der Waals surface area contributed by atoms with Crippen LogP contribution in [0.1, 0.15) is 67.2 Å². The molecule has 0 fully saturated rings. The fraction of sp³-hybridized carbons (Fsp3) is 0.833. The summed E-state index contributed by atoms with van der Waals surface area (Å²) in [4.78, 5) is 12.9. The average Bonchev–Trinajstić information content (AvgIpc) is 2.56. The van der Waals surface area contributed by atoms with Crippen LogP contribution in [-0.4, -0.2) is 17.6 Å². The lowest BCUT2D eigenvalue weighted by atomic mass is 9.64. The highest BCUT2D eigenvalue weighted by Crippen LogP contribution is 2.59. The minimum atomic E-state index is -0.406. The Balaban J connectivity index is 3.19. The molecule has 3 heteroatoms. The zero-order valence-corrected chi connectivity index (χ0v) is 14.4. The molecule has 0 amide bonds. The molecule has 0 aromatic heterocycles. The number of hydrogen-bond acceptors (Lipinski definition) is 2. The molecule has 2 nitrogen and oxygen atoms in total. The summed E-state index contributed by atoms with van der Waals surface area (Å²) in [5, 5.41) is 10.7. The van der Waals surface area contributed by atoms with Crippen LogP contribution in [0.4, 0.5) is 4.39 Å². The molecule has 1 N–H and O–H groups in total. The van der Waals surface area contributed by atoms with Gasteiger partial charge in [-0.1, -0.05) is 41.5 Å². The van der Waals surface area contributed by atoms with E-state index in [0.717, 1.165) is 6.42 Å². The Morgan fingerprint density at radius 3 is 2.29 bits per heavy atom. The van der Waals surface area contributed by atoms with Gasteiger partial charge in [0, 0.05) is 16.9 Å². The van der Waals surface area contributed by atoms with Crippen LogP contribution in [0, 0.1) is 22.7 Å². The highest BCUT2D eigenvalue weighted by atomic mass is 19.1. The smallest absolute Gasteiger partial charge is 0.165 e. The van der Waals surface area contributed by atoms with Crippen LogP contribution in [0.3, 0.4) is 0 Å². The van der Waals surface area contributed by atoms with Gasteiger partial charge in [0.1, 0.15) is 5.76 Å². The Morgan fingerprint density at radius 1 is 1.29 bits per heavy atom. The summed E-state index contributed by atoms with van der Waals surface area (Å²) in [5.41, 5.74) is 0.0462. The van der Waals surface area contributed by atoms with E-state index < -0.39 is 5.41 Å². The number of allylic oxidation sites excluding steroid dienone is 2. The van der Waals surface area contributed by atoms with E-state index >= 15 is 0 Å². The number of carbonyl (C=O) groups is 1. The van der Waals surface area contributed by atoms with Crippen LogP contribution in [0.25, 0.3) is 0 Å². The van der Waals surface area contributed by atoms with Crippen molar-refractivity contribution < 1.29 is 14.3 Å². The van der Waals surface area contributed by atoms with Crippen LogP contribution in [0.15, 0.2) is 11.3 Å². The molecule has 0 bridgehead atoms. The summed E-state index contributed by atoms with van der Waals surface area (Å²) in [7, 11) is 0. The van der Waals surface area contributed by atoms with Gasteiger partial charge in [-0.25, -0.2) is 0 Å². The first-order valence-electron chi connectivity index (χ1n) is 8.20. The molecular formula is C18H31FO2. The number of alkyl halides is 1. The second kappa shape index (κ2) is 6.50. The van der Waals surface area contributed by atoms with Gasteiger partial charge in [-0.2, -0.15) is 0 Å². The van der Waals surface area contributed by atoms with Crippen LogP contribution < -0.4 is 0 Å². The molecular weight excluding hydrogens is 267 g/mol. The minimum Gasteiger partial charge on any atom is -0.511 e. The molecule has 1 aliphatic rings. The summed E-state index contributed by atoms with van der Waals surface area (Å²) in [6.07, 6.45) is 2.52. The molecule has 0 heterocycles. The lowest BCUT2D eigenvalue weighted by Gasteiger charge is -2.39. The molecule has 2 unspecified atom stereocenters. The number of halogens is 1. The largest absolute Gasteiger partial charge is 0.511 e. The summed E-state index contributed by atoms with van der Waals surface area (Å²) >= 11 is 0. The van der Waals surface area contributed by atoms with E-state index in [1.165, 1.54) is 0 Å². The molecule has 1 aliphatic carbocycles. The number of aliphatic hydroxyl groups excluding tert-OH is 1. The van der Waals surface area contributed by atoms with Crippen molar-refractivity contribution in [1.29, 1.82) is 0 Å². The first-order valence-corrected chi connectivity index (χ1v) is 8.20. The first-order chi connectivity index (χ1) is 9.66. The Morgan fingerprint density at radius 2 is 1.86 bits per heavy atom. The van der Waals surface area contributed by atoms with Gasteiger partial charge in [-0.05, 0) is 37.0 Å². The molecule has 21 heavy (non-hydrogen) atoms. The van der Waals surface area contributed by atoms with Gasteiger partial charge in [0.2, 0.25) is 0 Å². The Hall–Kier alpha value is -0.860. The van der Waals surface area contributed by atoms with Crippen molar-refractivity contribution in [2.75, 3.05) is 6.67 Å². The van der Waals surface area contributed by atoms with E-state index in [0.29, 0.717) is 24.8 Å². The molecule has 2 atom stereocenters. The van der Waals surface area contributed by atoms with E-state index in [-0.39, 0.29) is 35.5 Å². The van der Waals surface area contributed by atoms with Crippen molar-refractivity contribution in [3.63, 3.8) is 0 Å². The molecule has 1 rings (SSSR count). The Bertz CT molecular complexity index is 421. The topological polar surface area (TPSA) is 37.3 Å². The normalized spacial score (nSPS) is 25.2. The second-order valence-electron chi connectivity index (χ2n) is 7.37. The molecule has 0 aromatic rings. The molecule has 122 valence electrons. The number of ketones is 1. The van der Waals surface area contributed by atoms with E-state index in [1.807, 2.05) is 20.8 Å². The number of hydrogen-bond donors (Lipinski definition) is 1. The lowest BCUT2D eigenvalue weighted by molar-refractivity contribution is -0.120. The van der Waals surface area contributed by atoms with Gasteiger partial charge in [0.25, 0.3) is 0 Å². The summed E-state index contributed by atoms with van der Waals surface area (Å²) in [5.74, 6) is 0.188. The van der Waals surface area contributed by atoms with Crippen LogP contribution >= 0.6 is 0 Å². The number of rotatable bonds is 7. The van der Waals surface area contributed by atoms with Crippen molar-refractivity contribution in [1.82, 2.24) is 0 Å². The van der Waals surface area contributed by atoms with E-state index in [4.69, 9.17) is 0 Å². The van der Waals surface area contributed by atoms with Crippen LogP contribution in [0.5, 0.6) is 0 Å². The fourth-order valence-corrected chi connectivity index (χ4v) is 3.67. The number of aliphatic hydroxyl groups is 1. The van der Waals surface area contributed by atoms with Crippen molar-refractivity contribution in [2.24, 2.45) is 22.7 Å². The zero-order chi connectivity index (χ0) is 16.4. The summed E-state index contributed by atoms with van der Waals surface area (Å²) < 4.78 is 12.4. The summed E-state index contributed by atoms with van der Waals surface area (Å²) in [6, 6.07) is 0.